The number of aliphatic hydroxyl groups is 1. The smallest absolute Gasteiger partial charge is 0.390 e. The zero-order chi connectivity index (χ0) is 15.8. The Morgan fingerprint density at radius 2 is 2.19 bits per heavy atom. The third-order valence-corrected chi connectivity index (χ3v) is 3.38. The van der Waals surface area contributed by atoms with Crippen molar-refractivity contribution < 1.29 is 28.7 Å². The first kappa shape index (κ1) is 16.0. The number of aliphatic hydroxyl groups excluding tert-OH is 1. The van der Waals surface area contributed by atoms with Gasteiger partial charge in [0.1, 0.15) is 11.8 Å². The second kappa shape index (κ2) is 5.79. The van der Waals surface area contributed by atoms with Crippen molar-refractivity contribution in [3.8, 4) is 0 Å². The van der Waals surface area contributed by atoms with Crippen LogP contribution in [0, 0.1) is 6.92 Å². The Morgan fingerprint density at radius 3 is 2.81 bits per heavy atom. The molecular weight excluding hydrogens is 309 g/mol. The molecule has 0 aromatic carbocycles. The van der Waals surface area contributed by atoms with Crippen LogP contribution in [0.5, 0.6) is 0 Å². The number of aryl methyl sites for hydroxylation is 1. The molecule has 0 saturated carbocycles. The third-order valence-electron chi connectivity index (χ3n) is 2.90. The minimum Gasteiger partial charge on any atom is -0.390 e. The maximum atomic E-state index is 11.6. The van der Waals surface area contributed by atoms with Gasteiger partial charge in [-0.05, 0) is 6.92 Å². The van der Waals surface area contributed by atoms with Crippen LogP contribution in [0.1, 0.15) is 18.3 Å². The van der Waals surface area contributed by atoms with Crippen LogP contribution in [0.2, 0.25) is 0 Å². The highest BCUT2D eigenvalue weighted by molar-refractivity contribution is 7.46. The van der Waals surface area contributed by atoms with Crippen molar-refractivity contribution >= 4 is 7.82 Å². The molecule has 1 aliphatic rings. The van der Waals surface area contributed by atoms with Gasteiger partial charge in [-0.1, -0.05) is 0 Å². The van der Waals surface area contributed by atoms with E-state index in [4.69, 9.17) is 14.5 Å². The highest BCUT2D eigenvalue weighted by Crippen LogP contribution is 2.37. The highest BCUT2D eigenvalue weighted by atomic mass is 31.2. The summed E-state index contributed by atoms with van der Waals surface area (Å²) < 4.78 is 21.0. The monoisotopic (exact) mass is 323 g/mol. The molecule has 0 amide bonds. The molecule has 2 heterocycles. The molecule has 0 aliphatic carbocycles. The number of H-pyrrole nitrogens is 1. The number of nitrogens with zero attached hydrogens (tertiary/aromatic N) is 2. The van der Waals surface area contributed by atoms with Crippen molar-refractivity contribution in [2.24, 2.45) is 0 Å². The maximum Gasteiger partial charge on any atom is 0.469 e. The number of phosphoric acid groups is 1. The molecule has 3 unspecified atom stereocenters. The van der Waals surface area contributed by atoms with Gasteiger partial charge in [0, 0.05) is 6.42 Å². The largest absolute Gasteiger partial charge is 0.469 e. The minimum absolute atomic E-state index is 0.0342. The molecule has 1 aromatic heterocycles. The minimum atomic E-state index is -4.68. The Balaban J connectivity index is 2.14. The Morgan fingerprint density at radius 1 is 1.52 bits per heavy atom. The summed E-state index contributed by atoms with van der Waals surface area (Å²) in [5.41, 5.74) is -1.39. The van der Waals surface area contributed by atoms with Gasteiger partial charge in [0.05, 0.1) is 12.7 Å². The van der Waals surface area contributed by atoms with E-state index in [0.717, 1.165) is 4.68 Å². The number of phosphoric ester groups is 1. The van der Waals surface area contributed by atoms with Crippen molar-refractivity contribution in [2.45, 2.75) is 31.8 Å². The zero-order valence-corrected chi connectivity index (χ0v) is 11.8. The van der Waals surface area contributed by atoms with Crippen molar-refractivity contribution in [2.75, 3.05) is 6.61 Å². The fourth-order valence-corrected chi connectivity index (χ4v) is 2.22. The summed E-state index contributed by atoms with van der Waals surface area (Å²) in [5.74, 6) is 0. The van der Waals surface area contributed by atoms with Gasteiger partial charge in [-0.25, -0.2) is 9.36 Å². The van der Waals surface area contributed by atoms with Gasteiger partial charge in [-0.3, -0.25) is 14.3 Å². The molecule has 4 N–H and O–H groups in total. The number of aromatic nitrogens is 3. The molecule has 118 valence electrons. The number of aromatic amines is 1. The molecule has 12 heteroatoms. The molecule has 0 spiro atoms. The second-order valence-electron chi connectivity index (χ2n) is 4.51. The van der Waals surface area contributed by atoms with Gasteiger partial charge in [-0.15, -0.1) is 0 Å². The SMILES string of the molecule is Cc1nn(C2CC(O)C(COP(=O)(O)O)O2)c(=O)[nH]c1=O. The number of hydrogen-bond donors (Lipinski definition) is 4. The highest BCUT2D eigenvalue weighted by Gasteiger charge is 2.37. The zero-order valence-electron chi connectivity index (χ0n) is 10.9. The van der Waals surface area contributed by atoms with Crippen molar-refractivity contribution in [3.05, 3.63) is 26.5 Å². The van der Waals surface area contributed by atoms with Crippen LogP contribution in [0.25, 0.3) is 0 Å². The number of hydrogen-bond acceptors (Lipinski definition) is 7. The van der Waals surface area contributed by atoms with Crippen LogP contribution < -0.4 is 11.2 Å². The molecule has 1 aliphatic heterocycles. The lowest BCUT2D eigenvalue weighted by molar-refractivity contribution is -0.0499. The van der Waals surface area contributed by atoms with E-state index >= 15 is 0 Å². The van der Waals surface area contributed by atoms with Crippen LogP contribution in [0.15, 0.2) is 9.59 Å². The van der Waals surface area contributed by atoms with Gasteiger partial charge in [0.2, 0.25) is 0 Å². The predicted octanol–water partition coefficient (Wildman–Crippen LogP) is -2.00. The van der Waals surface area contributed by atoms with Crippen LogP contribution >= 0.6 is 7.82 Å². The number of rotatable bonds is 4. The first-order chi connectivity index (χ1) is 9.67. The summed E-state index contributed by atoms with van der Waals surface area (Å²) in [5, 5.41) is 13.5. The van der Waals surface area contributed by atoms with Crippen molar-refractivity contribution in [1.29, 1.82) is 0 Å². The Kier molecular flexibility index (Phi) is 4.42. The predicted molar refractivity (Wildman–Crippen MR) is 66.4 cm³/mol. The van der Waals surface area contributed by atoms with E-state index in [9.17, 15) is 19.3 Å². The van der Waals surface area contributed by atoms with Gasteiger partial charge >= 0.3 is 13.5 Å². The Labute approximate surface area is 117 Å². The Hall–Kier alpha value is -1.36. The summed E-state index contributed by atoms with van der Waals surface area (Å²) in [4.78, 5) is 42.1. The lowest BCUT2D eigenvalue weighted by Gasteiger charge is -2.15. The molecule has 0 radical (unpaired) electrons. The first-order valence-electron chi connectivity index (χ1n) is 5.91. The molecule has 1 saturated heterocycles. The third kappa shape index (κ3) is 3.84. The van der Waals surface area contributed by atoms with Gasteiger partial charge < -0.3 is 19.6 Å². The molecule has 2 rings (SSSR count). The fraction of sp³-hybridized carbons (Fsp3) is 0.667. The van der Waals surface area contributed by atoms with Crippen LogP contribution in [0.4, 0.5) is 0 Å². The van der Waals surface area contributed by atoms with E-state index in [1.54, 1.807) is 0 Å². The first-order valence-corrected chi connectivity index (χ1v) is 7.44. The van der Waals surface area contributed by atoms with Gasteiger partial charge in [0.15, 0.2) is 6.23 Å². The molecule has 1 aromatic rings. The molecule has 1 fully saturated rings. The average molecular weight is 323 g/mol. The number of nitrogens with one attached hydrogen (secondary N) is 1. The molecule has 21 heavy (non-hydrogen) atoms. The van der Waals surface area contributed by atoms with E-state index < -0.39 is 44.1 Å². The fourth-order valence-electron chi connectivity index (χ4n) is 1.88. The van der Waals surface area contributed by atoms with E-state index in [2.05, 4.69) is 9.62 Å². The second-order valence-corrected chi connectivity index (χ2v) is 5.75. The molecule has 3 atom stereocenters. The lowest BCUT2D eigenvalue weighted by atomic mass is 10.2. The van der Waals surface area contributed by atoms with Crippen LogP contribution in [-0.4, -0.2) is 48.5 Å². The number of ether oxygens (including phenoxy) is 1. The summed E-state index contributed by atoms with van der Waals surface area (Å²) in [7, 11) is -4.68. The standard InChI is InChI=1S/C9H14N3O8P/c1-4-8(14)10-9(15)12(11-4)7-2-5(13)6(20-7)3-19-21(16,17)18/h5-7,13H,2-3H2,1H3,(H,10,14,15)(H2,16,17,18). The summed E-state index contributed by atoms with van der Waals surface area (Å²) in [6.45, 7) is 0.855. The summed E-state index contributed by atoms with van der Waals surface area (Å²) >= 11 is 0. The van der Waals surface area contributed by atoms with E-state index in [1.165, 1.54) is 6.92 Å². The van der Waals surface area contributed by atoms with Gasteiger partial charge in [0.25, 0.3) is 5.56 Å². The molecule has 0 bridgehead atoms. The quantitative estimate of drug-likeness (QED) is 0.458. The van der Waals surface area contributed by atoms with Gasteiger partial charge in [-0.2, -0.15) is 9.78 Å². The summed E-state index contributed by atoms with van der Waals surface area (Å²) in [6, 6.07) is 0. The lowest BCUT2D eigenvalue weighted by Crippen LogP contribution is -2.36. The normalized spacial score (nSPS) is 26.2. The van der Waals surface area contributed by atoms with Crippen molar-refractivity contribution in [3.63, 3.8) is 0 Å². The maximum absolute atomic E-state index is 11.6. The Bertz CT molecular complexity index is 678. The summed E-state index contributed by atoms with van der Waals surface area (Å²) in [6.07, 6.45) is -3.12. The van der Waals surface area contributed by atoms with Crippen LogP contribution in [-0.2, 0) is 13.8 Å². The topological polar surface area (TPSA) is 164 Å². The van der Waals surface area contributed by atoms with E-state index in [1.807, 2.05) is 4.98 Å². The van der Waals surface area contributed by atoms with Crippen LogP contribution in [0.3, 0.4) is 0 Å². The van der Waals surface area contributed by atoms with Crippen molar-refractivity contribution in [1.82, 2.24) is 14.8 Å². The molecular formula is C9H14N3O8P. The van der Waals surface area contributed by atoms with E-state index in [-0.39, 0.29) is 12.1 Å². The average Bonchev–Trinajstić information content (AvgIpc) is 2.72. The molecule has 11 nitrogen and oxygen atoms in total. The van der Waals surface area contributed by atoms with E-state index in [0.29, 0.717) is 0 Å².